The monoisotopic (exact) mass is 267 g/mol. The number of ether oxygens (including phenoxy) is 1. The highest BCUT2D eigenvalue weighted by molar-refractivity contribution is 7.98. The molecule has 0 saturated carbocycles. The SMILES string of the molecule is CC(C)COC(=O)CCSCc1ccc(N)cc1. The summed E-state index contributed by atoms with van der Waals surface area (Å²) in [5.74, 6) is 1.99. The Labute approximate surface area is 113 Å². The van der Waals surface area contributed by atoms with Crippen LogP contribution in [-0.2, 0) is 15.3 Å². The summed E-state index contributed by atoms with van der Waals surface area (Å²) in [4.78, 5) is 11.4. The summed E-state index contributed by atoms with van der Waals surface area (Å²) in [6, 6.07) is 7.82. The van der Waals surface area contributed by atoms with Gasteiger partial charge in [0.25, 0.3) is 0 Å². The topological polar surface area (TPSA) is 52.3 Å². The molecule has 1 aromatic carbocycles. The molecular weight excluding hydrogens is 246 g/mol. The maximum Gasteiger partial charge on any atom is 0.306 e. The number of hydrogen-bond acceptors (Lipinski definition) is 4. The summed E-state index contributed by atoms with van der Waals surface area (Å²) in [7, 11) is 0. The van der Waals surface area contributed by atoms with E-state index < -0.39 is 0 Å². The van der Waals surface area contributed by atoms with E-state index in [9.17, 15) is 4.79 Å². The van der Waals surface area contributed by atoms with E-state index in [1.165, 1.54) is 5.56 Å². The number of nitrogens with two attached hydrogens (primary N) is 1. The molecule has 0 aliphatic carbocycles. The number of hydrogen-bond donors (Lipinski definition) is 1. The van der Waals surface area contributed by atoms with Crippen LogP contribution in [0.2, 0.25) is 0 Å². The largest absolute Gasteiger partial charge is 0.465 e. The molecule has 100 valence electrons. The van der Waals surface area contributed by atoms with Gasteiger partial charge < -0.3 is 10.5 Å². The van der Waals surface area contributed by atoms with Crippen LogP contribution in [0.5, 0.6) is 0 Å². The van der Waals surface area contributed by atoms with Crippen molar-refractivity contribution in [2.24, 2.45) is 5.92 Å². The Morgan fingerprint density at radius 2 is 2.00 bits per heavy atom. The minimum atomic E-state index is -0.103. The van der Waals surface area contributed by atoms with Gasteiger partial charge in [-0.2, -0.15) is 11.8 Å². The lowest BCUT2D eigenvalue weighted by Crippen LogP contribution is -2.10. The predicted molar refractivity (Wildman–Crippen MR) is 77.4 cm³/mol. The van der Waals surface area contributed by atoms with Crippen LogP contribution in [0.15, 0.2) is 24.3 Å². The van der Waals surface area contributed by atoms with E-state index in [1.54, 1.807) is 11.8 Å². The van der Waals surface area contributed by atoms with E-state index in [-0.39, 0.29) is 5.97 Å². The van der Waals surface area contributed by atoms with Crippen molar-refractivity contribution in [2.75, 3.05) is 18.1 Å². The molecule has 3 nitrogen and oxygen atoms in total. The first kappa shape index (κ1) is 14.9. The van der Waals surface area contributed by atoms with Crippen molar-refractivity contribution in [3.05, 3.63) is 29.8 Å². The summed E-state index contributed by atoms with van der Waals surface area (Å²) >= 11 is 1.73. The number of rotatable bonds is 7. The van der Waals surface area contributed by atoms with Crippen molar-refractivity contribution in [1.82, 2.24) is 0 Å². The average molecular weight is 267 g/mol. The number of carbonyl (C=O) groups excluding carboxylic acids is 1. The lowest BCUT2D eigenvalue weighted by atomic mass is 10.2. The molecule has 0 bridgehead atoms. The van der Waals surface area contributed by atoms with Crippen molar-refractivity contribution in [1.29, 1.82) is 0 Å². The van der Waals surface area contributed by atoms with E-state index in [1.807, 2.05) is 38.1 Å². The second-order valence-corrected chi connectivity index (χ2v) is 5.73. The predicted octanol–water partition coefficient (Wildman–Crippen LogP) is 3.09. The van der Waals surface area contributed by atoms with E-state index in [0.717, 1.165) is 17.2 Å². The standard InChI is InChI=1S/C14H21NO2S/c1-11(2)9-17-14(16)7-8-18-10-12-3-5-13(15)6-4-12/h3-6,11H,7-10,15H2,1-2H3. The zero-order valence-electron chi connectivity index (χ0n) is 11.0. The third-order valence-corrected chi connectivity index (χ3v) is 3.31. The zero-order chi connectivity index (χ0) is 13.4. The van der Waals surface area contributed by atoms with Gasteiger partial charge in [0.2, 0.25) is 0 Å². The van der Waals surface area contributed by atoms with Gasteiger partial charge in [-0.25, -0.2) is 0 Å². The minimum absolute atomic E-state index is 0.103. The molecular formula is C14H21NO2S. The second kappa shape index (κ2) is 8.03. The first-order chi connectivity index (χ1) is 8.58. The summed E-state index contributed by atoms with van der Waals surface area (Å²) in [6.45, 7) is 4.58. The van der Waals surface area contributed by atoms with E-state index in [2.05, 4.69) is 0 Å². The molecule has 4 heteroatoms. The molecule has 0 aliphatic heterocycles. The molecule has 2 N–H and O–H groups in total. The molecule has 0 atom stereocenters. The van der Waals surface area contributed by atoms with Gasteiger partial charge in [-0.1, -0.05) is 26.0 Å². The number of carbonyl (C=O) groups is 1. The molecule has 0 saturated heterocycles. The quantitative estimate of drug-likeness (QED) is 0.468. The lowest BCUT2D eigenvalue weighted by molar-refractivity contribution is -0.144. The third kappa shape index (κ3) is 6.55. The average Bonchev–Trinajstić information content (AvgIpc) is 2.34. The van der Waals surface area contributed by atoms with Gasteiger partial charge in [-0.15, -0.1) is 0 Å². The number of anilines is 1. The summed E-state index contributed by atoms with van der Waals surface area (Å²) < 4.78 is 5.10. The first-order valence-corrected chi connectivity index (χ1v) is 7.31. The van der Waals surface area contributed by atoms with Crippen LogP contribution in [0.25, 0.3) is 0 Å². The highest BCUT2D eigenvalue weighted by Gasteiger charge is 2.04. The molecule has 0 heterocycles. The Morgan fingerprint density at radius 1 is 1.33 bits per heavy atom. The fourth-order valence-corrected chi connectivity index (χ4v) is 2.17. The Kier molecular flexibility index (Phi) is 6.65. The van der Waals surface area contributed by atoms with E-state index >= 15 is 0 Å². The molecule has 18 heavy (non-hydrogen) atoms. The Morgan fingerprint density at radius 3 is 2.61 bits per heavy atom. The molecule has 0 aromatic heterocycles. The fourth-order valence-electron chi connectivity index (χ4n) is 1.29. The molecule has 0 radical (unpaired) electrons. The summed E-state index contributed by atoms with van der Waals surface area (Å²) in [6.07, 6.45) is 0.479. The van der Waals surface area contributed by atoms with Crippen LogP contribution in [0, 0.1) is 5.92 Å². The van der Waals surface area contributed by atoms with Crippen molar-refractivity contribution in [2.45, 2.75) is 26.0 Å². The Hall–Kier alpha value is -1.16. The highest BCUT2D eigenvalue weighted by atomic mass is 32.2. The third-order valence-electron chi connectivity index (χ3n) is 2.28. The number of benzene rings is 1. The number of nitrogen functional groups attached to an aromatic ring is 1. The smallest absolute Gasteiger partial charge is 0.306 e. The van der Waals surface area contributed by atoms with Gasteiger partial charge >= 0.3 is 5.97 Å². The molecule has 0 amide bonds. The summed E-state index contributed by atoms with van der Waals surface area (Å²) in [5, 5.41) is 0. The van der Waals surface area contributed by atoms with Crippen LogP contribution in [0.3, 0.4) is 0 Å². The van der Waals surface area contributed by atoms with E-state index in [0.29, 0.717) is 18.9 Å². The van der Waals surface area contributed by atoms with Crippen molar-refractivity contribution in [3.63, 3.8) is 0 Å². The van der Waals surface area contributed by atoms with Crippen LogP contribution >= 0.6 is 11.8 Å². The van der Waals surface area contributed by atoms with Crippen LogP contribution < -0.4 is 5.73 Å². The van der Waals surface area contributed by atoms with E-state index in [4.69, 9.17) is 10.5 Å². The molecule has 0 aliphatic rings. The lowest BCUT2D eigenvalue weighted by Gasteiger charge is -2.07. The van der Waals surface area contributed by atoms with Gasteiger partial charge in [0.1, 0.15) is 0 Å². The molecule has 0 fully saturated rings. The molecule has 0 spiro atoms. The number of esters is 1. The summed E-state index contributed by atoms with van der Waals surface area (Å²) in [5.41, 5.74) is 7.62. The normalized spacial score (nSPS) is 10.6. The Balaban J connectivity index is 2.11. The van der Waals surface area contributed by atoms with Crippen molar-refractivity contribution < 1.29 is 9.53 Å². The maximum absolute atomic E-state index is 11.4. The zero-order valence-corrected chi connectivity index (χ0v) is 11.8. The van der Waals surface area contributed by atoms with Crippen molar-refractivity contribution in [3.8, 4) is 0 Å². The fraction of sp³-hybridized carbons (Fsp3) is 0.500. The van der Waals surface area contributed by atoms with Crippen LogP contribution in [0.4, 0.5) is 5.69 Å². The Bertz CT molecular complexity index is 363. The molecule has 1 aromatic rings. The maximum atomic E-state index is 11.4. The van der Waals surface area contributed by atoms with Crippen LogP contribution in [-0.4, -0.2) is 18.3 Å². The van der Waals surface area contributed by atoms with Gasteiger partial charge in [-0.3, -0.25) is 4.79 Å². The molecule has 1 rings (SSSR count). The molecule has 0 unspecified atom stereocenters. The number of thioether (sulfide) groups is 1. The van der Waals surface area contributed by atoms with Crippen LogP contribution in [0.1, 0.15) is 25.8 Å². The second-order valence-electron chi connectivity index (χ2n) is 4.62. The van der Waals surface area contributed by atoms with Crippen molar-refractivity contribution >= 4 is 23.4 Å². The first-order valence-electron chi connectivity index (χ1n) is 6.15. The van der Waals surface area contributed by atoms with Gasteiger partial charge in [0.15, 0.2) is 0 Å². The van der Waals surface area contributed by atoms with Gasteiger partial charge in [0.05, 0.1) is 13.0 Å². The highest BCUT2D eigenvalue weighted by Crippen LogP contribution is 2.14. The minimum Gasteiger partial charge on any atom is -0.465 e. The van der Waals surface area contributed by atoms with Gasteiger partial charge in [-0.05, 0) is 23.6 Å². The van der Waals surface area contributed by atoms with Gasteiger partial charge in [0, 0.05) is 17.2 Å².